The van der Waals surface area contributed by atoms with E-state index in [-0.39, 0.29) is 5.54 Å². The number of hydrogen-bond donors (Lipinski definition) is 1. The van der Waals surface area contributed by atoms with Crippen LogP contribution in [-0.2, 0) is 0 Å². The van der Waals surface area contributed by atoms with Crippen LogP contribution in [-0.4, -0.2) is 28.5 Å². The van der Waals surface area contributed by atoms with Crippen molar-refractivity contribution < 1.29 is 0 Å². The molecule has 2 aliphatic rings. The number of hydrogen-bond acceptors (Lipinski definition) is 2. The molecule has 3 heteroatoms. The van der Waals surface area contributed by atoms with Crippen LogP contribution in [0, 0.1) is 0 Å². The van der Waals surface area contributed by atoms with E-state index in [4.69, 9.17) is 18.0 Å². The topological polar surface area (TPSA) is 29.3 Å². The molecule has 0 amide bonds. The Morgan fingerprint density at radius 3 is 2.07 bits per heavy atom. The Morgan fingerprint density at radius 1 is 1.00 bits per heavy atom. The molecule has 1 aliphatic heterocycles. The molecular weight excluding hydrogens is 192 g/mol. The van der Waals surface area contributed by atoms with Gasteiger partial charge in [0.25, 0.3) is 0 Å². The highest BCUT2D eigenvalue weighted by Crippen LogP contribution is 2.37. The van der Waals surface area contributed by atoms with Gasteiger partial charge in [-0.15, -0.1) is 0 Å². The lowest BCUT2D eigenvalue weighted by molar-refractivity contribution is 0.125. The van der Waals surface area contributed by atoms with Crippen LogP contribution in [0.3, 0.4) is 0 Å². The second-order valence-corrected chi connectivity index (χ2v) is 5.09. The van der Waals surface area contributed by atoms with Crippen molar-refractivity contribution in [2.24, 2.45) is 5.73 Å². The van der Waals surface area contributed by atoms with Crippen LogP contribution in [0.25, 0.3) is 0 Å². The molecule has 2 N–H and O–H groups in total. The molecule has 2 nitrogen and oxygen atoms in total. The van der Waals surface area contributed by atoms with Gasteiger partial charge >= 0.3 is 0 Å². The maximum absolute atomic E-state index is 5.95. The lowest BCUT2D eigenvalue weighted by Gasteiger charge is -2.42. The second kappa shape index (κ2) is 4.15. The highest BCUT2D eigenvalue weighted by Gasteiger charge is 2.42. The smallest absolute Gasteiger partial charge is 0.0933 e. The van der Waals surface area contributed by atoms with E-state index < -0.39 is 0 Å². The number of thiocarbonyl (C=S) groups is 1. The van der Waals surface area contributed by atoms with Gasteiger partial charge in [0.15, 0.2) is 0 Å². The van der Waals surface area contributed by atoms with Gasteiger partial charge in [-0.25, -0.2) is 0 Å². The molecule has 2 fully saturated rings. The van der Waals surface area contributed by atoms with Crippen molar-refractivity contribution in [3.63, 3.8) is 0 Å². The third-order valence-electron chi connectivity index (χ3n) is 3.85. The summed E-state index contributed by atoms with van der Waals surface area (Å²) >= 11 is 5.28. The van der Waals surface area contributed by atoms with Crippen LogP contribution in [0.4, 0.5) is 0 Å². The first-order valence-electron chi connectivity index (χ1n) is 5.81. The zero-order valence-electron chi connectivity index (χ0n) is 8.80. The zero-order chi connectivity index (χ0) is 10.0. The molecule has 0 spiro atoms. The number of piperidine rings is 1. The van der Waals surface area contributed by atoms with Gasteiger partial charge in [0.2, 0.25) is 0 Å². The van der Waals surface area contributed by atoms with E-state index in [1.54, 1.807) is 0 Å². The lowest BCUT2D eigenvalue weighted by Crippen LogP contribution is -2.56. The van der Waals surface area contributed by atoms with Gasteiger partial charge in [-0.1, -0.05) is 31.5 Å². The largest absolute Gasteiger partial charge is 0.392 e. The van der Waals surface area contributed by atoms with Crippen LogP contribution in [0.15, 0.2) is 0 Å². The van der Waals surface area contributed by atoms with Gasteiger partial charge in [0, 0.05) is 0 Å². The first-order chi connectivity index (χ1) is 6.76. The standard InChI is InChI=1S/C11H20N2S/c12-10(14)11(6-2-3-7-11)13-8-4-1-5-9-13/h1-9H2,(H2,12,14). The number of rotatable bonds is 2. The minimum atomic E-state index is 0.107. The van der Waals surface area contributed by atoms with Crippen LogP contribution in [0.2, 0.25) is 0 Å². The van der Waals surface area contributed by atoms with Crippen LogP contribution in [0.1, 0.15) is 44.9 Å². The van der Waals surface area contributed by atoms with E-state index in [1.165, 1.54) is 58.0 Å². The quantitative estimate of drug-likeness (QED) is 0.711. The summed E-state index contributed by atoms with van der Waals surface area (Å²) in [6, 6.07) is 0. The average molecular weight is 212 g/mol. The summed E-state index contributed by atoms with van der Waals surface area (Å²) in [5, 5.41) is 0. The fraction of sp³-hybridized carbons (Fsp3) is 0.909. The van der Waals surface area contributed by atoms with Crippen LogP contribution in [0.5, 0.6) is 0 Å². The monoisotopic (exact) mass is 212 g/mol. The van der Waals surface area contributed by atoms with Crippen molar-refractivity contribution in [3.05, 3.63) is 0 Å². The zero-order valence-corrected chi connectivity index (χ0v) is 9.61. The molecule has 0 radical (unpaired) electrons. The SMILES string of the molecule is NC(=S)C1(N2CCCCC2)CCCC1. The van der Waals surface area contributed by atoms with Gasteiger partial charge in [-0.05, 0) is 38.8 Å². The Balaban J connectivity index is 2.12. The number of nitrogens with two attached hydrogens (primary N) is 1. The molecule has 14 heavy (non-hydrogen) atoms. The van der Waals surface area contributed by atoms with Crippen molar-refractivity contribution in [1.82, 2.24) is 4.90 Å². The molecule has 0 unspecified atom stereocenters. The summed E-state index contributed by atoms with van der Waals surface area (Å²) in [5.74, 6) is 0. The van der Waals surface area contributed by atoms with E-state index in [1.807, 2.05) is 0 Å². The number of nitrogens with zero attached hydrogens (tertiary/aromatic N) is 1. The predicted octanol–water partition coefficient (Wildman–Crippen LogP) is 2.07. The van der Waals surface area contributed by atoms with Crippen LogP contribution < -0.4 is 5.73 Å². The minimum absolute atomic E-state index is 0.107. The maximum Gasteiger partial charge on any atom is 0.0933 e. The summed E-state index contributed by atoms with van der Waals surface area (Å²) < 4.78 is 0. The molecule has 0 aromatic heterocycles. The Morgan fingerprint density at radius 2 is 1.57 bits per heavy atom. The second-order valence-electron chi connectivity index (χ2n) is 4.65. The Labute approximate surface area is 91.8 Å². The molecule has 1 heterocycles. The summed E-state index contributed by atoms with van der Waals surface area (Å²) in [4.78, 5) is 3.31. The van der Waals surface area contributed by atoms with Crippen molar-refractivity contribution in [1.29, 1.82) is 0 Å². The Kier molecular flexibility index (Phi) is 3.07. The molecule has 0 atom stereocenters. The van der Waals surface area contributed by atoms with Gasteiger partial charge < -0.3 is 5.73 Å². The maximum atomic E-state index is 5.95. The molecule has 2 rings (SSSR count). The fourth-order valence-corrected chi connectivity index (χ4v) is 3.33. The van der Waals surface area contributed by atoms with Crippen molar-refractivity contribution in [2.75, 3.05) is 13.1 Å². The highest BCUT2D eigenvalue weighted by molar-refractivity contribution is 7.80. The number of likely N-dealkylation sites (tertiary alicyclic amines) is 1. The first-order valence-corrected chi connectivity index (χ1v) is 6.21. The first kappa shape index (κ1) is 10.4. The van der Waals surface area contributed by atoms with Crippen LogP contribution >= 0.6 is 12.2 Å². The van der Waals surface area contributed by atoms with Gasteiger partial charge in [0.1, 0.15) is 0 Å². The van der Waals surface area contributed by atoms with Crippen molar-refractivity contribution >= 4 is 17.2 Å². The normalized spacial score (nSPS) is 27.7. The molecule has 0 bridgehead atoms. The van der Waals surface area contributed by atoms with E-state index in [9.17, 15) is 0 Å². The van der Waals surface area contributed by atoms with Gasteiger partial charge in [-0.3, -0.25) is 4.90 Å². The summed E-state index contributed by atoms with van der Waals surface area (Å²) in [7, 11) is 0. The van der Waals surface area contributed by atoms with E-state index >= 15 is 0 Å². The predicted molar refractivity (Wildman–Crippen MR) is 63.4 cm³/mol. The molecule has 0 aromatic carbocycles. The third kappa shape index (κ3) is 1.68. The van der Waals surface area contributed by atoms with Crippen molar-refractivity contribution in [3.8, 4) is 0 Å². The van der Waals surface area contributed by atoms with Crippen molar-refractivity contribution in [2.45, 2.75) is 50.5 Å². The molecule has 80 valence electrons. The molecule has 1 saturated carbocycles. The summed E-state index contributed by atoms with van der Waals surface area (Å²) in [6.07, 6.45) is 9.02. The molecule has 1 aliphatic carbocycles. The van der Waals surface area contributed by atoms with Gasteiger partial charge in [0.05, 0.1) is 10.5 Å². The third-order valence-corrected chi connectivity index (χ3v) is 4.23. The fourth-order valence-electron chi connectivity index (χ4n) is 3.00. The molecule has 1 saturated heterocycles. The highest BCUT2D eigenvalue weighted by atomic mass is 32.1. The lowest BCUT2D eigenvalue weighted by atomic mass is 9.92. The van der Waals surface area contributed by atoms with E-state index in [2.05, 4.69) is 4.90 Å². The Hall–Kier alpha value is -0.150. The molecule has 0 aromatic rings. The molecular formula is C11H20N2S. The summed E-state index contributed by atoms with van der Waals surface area (Å²) in [5.41, 5.74) is 6.06. The van der Waals surface area contributed by atoms with Gasteiger partial charge in [-0.2, -0.15) is 0 Å². The Bertz CT molecular complexity index is 215. The minimum Gasteiger partial charge on any atom is -0.392 e. The van der Waals surface area contributed by atoms with E-state index in [0.717, 1.165) is 4.99 Å². The summed E-state index contributed by atoms with van der Waals surface area (Å²) in [6.45, 7) is 2.41. The van der Waals surface area contributed by atoms with E-state index in [0.29, 0.717) is 0 Å². The average Bonchev–Trinajstić information content (AvgIpc) is 2.69.